The van der Waals surface area contributed by atoms with Gasteiger partial charge in [-0.15, -0.1) is 11.3 Å². The Labute approximate surface area is 182 Å². The number of thiazole rings is 1. The van der Waals surface area contributed by atoms with Crippen molar-refractivity contribution in [3.8, 4) is 11.8 Å². The van der Waals surface area contributed by atoms with Crippen molar-refractivity contribution >= 4 is 51.0 Å². The summed E-state index contributed by atoms with van der Waals surface area (Å²) in [6.07, 6.45) is 1.86. The molecule has 0 N–H and O–H groups in total. The molecule has 1 aromatic heterocycles. The molecule has 0 aliphatic rings. The molecule has 3 aromatic carbocycles. The van der Waals surface area contributed by atoms with Gasteiger partial charge in [0, 0.05) is 5.02 Å². The van der Waals surface area contributed by atoms with Gasteiger partial charge in [0.2, 0.25) is 0 Å². The van der Waals surface area contributed by atoms with E-state index in [9.17, 15) is 5.26 Å². The van der Waals surface area contributed by atoms with Crippen molar-refractivity contribution < 1.29 is 4.74 Å². The Hall–Kier alpha value is -2.78. The van der Waals surface area contributed by atoms with Crippen LogP contribution >= 0.6 is 34.7 Å². The second-order valence-corrected chi connectivity index (χ2v) is 8.91. The van der Waals surface area contributed by atoms with Gasteiger partial charge in [-0.05, 0) is 65.4 Å². The summed E-state index contributed by atoms with van der Waals surface area (Å²) in [7, 11) is 0. The van der Waals surface area contributed by atoms with Crippen LogP contribution in [0.25, 0.3) is 16.3 Å². The number of aromatic nitrogens is 1. The Morgan fingerprint density at radius 1 is 1.07 bits per heavy atom. The number of fused-ring (bicyclic) bond motifs is 1. The van der Waals surface area contributed by atoms with Crippen molar-refractivity contribution in [1.82, 2.24) is 4.98 Å². The number of rotatable bonds is 6. The highest BCUT2D eigenvalue weighted by molar-refractivity contribution is 8.05. The van der Waals surface area contributed by atoms with Gasteiger partial charge in [0.05, 0.1) is 15.1 Å². The highest BCUT2D eigenvalue weighted by Gasteiger charge is 2.07. The van der Waals surface area contributed by atoms with Crippen LogP contribution in [0.1, 0.15) is 11.1 Å². The minimum absolute atomic E-state index is 0.475. The van der Waals surface area contributed by atoms with Crippen LogP contribution in [-0.4, -0.2) is 4.98 Å². The van der Waals surface area contributed by atoms with Crippen LogP contribution in [-0.2, 0) is 6.61 Å². The van der Waals surface area contributed by atoms with Crippen molar-refractivity contribution in [3.05, 3.63) is 93.9 Å². The molecule has 1 heterocycles. The Morgan fingerprint density at radius 2 is 1.83 bits per heavy atom. The van der Waals surface area contributed by atoms with Gasteiger partial charge in [0.25, 0.3) is 0 Å². The molecule has 0 atom stereocenters. The van der Waals surface area contributed by atoms with Crippen molar-refractivity contribution in [2.24, 2.45) is 0 Å². The molecule has 4 aromatic rings. The number of benzene rings is 3. The second kappa shape index (κ2) is 9.15. The van der Waals surface area contributed by atoms with Gasteiger partial charge < -0.3 is 4.74 Å². The van der Waals surface area contributed by atoms with Crippen molar-refractivity contribution in [2.75, 3.05) is 0 Å². The fourth-order valence-corrected chi connectivity index (χ4v) is 4.73. The predicted octanol–water partition coefficient (Wildman–Crippen LogP) is 7.19. The molecule has 29 heavy (non-hydrogen) atoms. The van der Waals surface area contributed by atoms with E-state index in [1.165, 1.54) is 11.8 Å². The van der Waals surface area contributed by atoms with Crippen molar-refractivity contribution in [3.63, 3.8) is 0 Å². The van der Waals surface area contributed by atoms with Crippen LogP contribution in [0.2, 0.25) is 5.02 Å². The van der Waals surface area contributed by atoms with Crippen LogP contribution < -0.4 is 4.74 Å². The van der Waals surface area contributed by atoms with Crippen LogP contribution in [0.5, 0.6) is 5.75 Å². The summed E-state index contributed by atoms with van der Waals surface area (Å²) in [5.41, 5.74) is 2.95. The SMILES string of the molecule is N#CC(=Cc1ccc(OCc2ccc(Cl)cc2)cc1)Sc1nc2ccccc2s1. The van der Waals surface area contributed by atoms with Gasteiger partial charge in [-0.3, -0.25) is 0 Å². The third kappa shape index (κ3) is 5.18. The number of hydrogen-bond donors (Lipinski definition) is 0. The van der Waals surface area contributed by atoms with Crippen LogP contribution in [0.15, 0.2) is 82.0 Å². The van der Waals surface area contributed by atoms with Crippen molar-refractivity contribution in [1.29, 1.82) is 5.26 Å². The van der Waals surface area contributed by atoms with E-state index in [4.69, 9.17) is 16.3 Å². The van der Waals surface area contributed by atoms with E-state index in [2.05, 4.69) is 11.1 Å². The number of para-hydroxylation sites is 1. The molecule has 6 heteroatoms. The zero-order valence-corrected chi connectivity index (χ0v) is 17.6. The maximum Gasteiger partial charge on any atom is 0.156 e. The Balaban J connectivity index is 1.42. The van der Waals surface area contributed by atoms with Gasteiger partial charge in [0.1, 0.15) is 18.4 Å². The number of thioether (sulfide) groups is 1. The maximum atomic E-state index is 9.51. The first-order valence-electron chi connectivity index (χ1n) is 8.82. The standard InChI is InChI=1S/C23H15ClN2OS2/c24-18-9-5-17(6-10-18)15-27-19-11-7-16(8-12-19)13-20(14-25)28-23-26-21-3-1-2-4-22(21)29-23/h1-13H,15H2. The Kier molecular flexibility index (Phi) is 6.16. The molecular weight excluding hydrogens is 420 g/mol. The number of allylic oxidation sites excluding steroid dienone is 1. The summed E-state index contributed by atoms with van der Waals surface area (Å²) in [5, 5.41) is 10.2. The lowest BCUT2D eigenvalue weighted by Gasteiger charge is -2.07. The highest BCUT2D eigenvalue weighted by atomic mass is 35.5. The number of nitriles is 1. The van der Waals surface area contributed by atoms with Crippen LogP contribution in [0.4, 0.5) is 0 Å². The molecule has 0 saturated carbocycles. The fraction of sp³-hybridized carbons (Fsp3) is 0.0435. The summed E-state index contributed by atoms with van der Waals surface area (Å²) in [4.78, 5) is 5.17. The number of nitrogens with zero attached hydrogens (tertiary/aromatic N) is 2. The third-order valence-electron chi connectivity index (χ3n) is 4.08. The largest absolute Gasteiger partial charge is 0.489 e. The highest BCUT2D eigenvalue weighted by Crippen LogP contribution is 2.34. The van der Waals surface area contributed by atoms with Crippen LogP contribution in [0, 0.1) is 11.3 Å². The molecule has 4 rings (SSSR count). The Bertz CT molecular complexity index is 1160. The first-order chi connectivity index (χ1) is 14.2. The summed E-state index contributed by atoms with van der Waals surface area (Å²) < 4.78 is 7.79. The van der Waals surface area contributed by atoms with Gasteiger partial charge >= 0.3 is 0 Å². The third-order valence-corrected chi connectivity index (χ3v) is 6.36. The molecule has 0 radical (unpaired) electrons. The molecule has 0 unspecified atom stereocenters. The summed E-state index contributed by atoms with van der Waals surface area (Å²) in [5.74, 6) is 0.773. The Morgan fingerprint density at radius 3 is 2.55 bits per heavy atom. The minimum atomic E-state index is 0.475. The topological polar surface area (TPSA) is 45.9 Å². The average Bonchev–Trinajstić information content (AvgIpc) is 3.16. The molecule has 0 aliphatic carbocycles. The predicted molar refractivity (Wildman–Crippen MR) is 121 cm³/mol. The van der Waals surface area contributed by atoms with E-state index >= 15 is 0 Å². The molecule has 3 nitrogen and oxygen atoms in total. The van der Waals surface area contributed by atoms with Gasteiger partial charge in [0.15, 0.2) is 4.34 Å². The second-order valence-electron chi connectivity index (χ2n) is 6.15. The molecule has 0 saturated heterocycles. The smallest absolute Gasteiger partial charge is 0.156 e. The monoisotopic (exact) mass is 434 g/mol. The van der Waals surface area contributed by atoms with E-state index in [1.807, 2.05) is 78.9 Å². The number of ether oxygens (including phenoxy) is 1. The number of hydrogen-bond acceptors (Lipinski definition) is 5. The summed E-state index contributed by atoms with van der Waals surface area (Å²) in [6.45, 7) is 0.475. The lowest BCUT2D eigenvalue weighted by atomic mass is 10.2. The minimum Gasteiger partial charge on any atom is -0.489 e. The first-order valence-corrected chi connectivity index (χ1v) is 10.8. The molecular formula is C23H15ClN2OS2. The van der Waals surface area contributed by atoms with E-state index in [0.29, 0.717) is 16.5 Å². The zero-order chi connectivity index (χ0) is 20.1. The normalized spacial score (nSPS) is 11.4. The fourth-order valence-electron chi connectivity index (χ4n) is 2.63. The van der Waals surface area contributed by atoms with Gasteiger partial charge in [-0.1, -0.05) is 48.0 Å². The molecule has 0 bridgehead atoms. The lowest BCUT2D eigenvalue weighted by molar-refractivity contribution is 0.306. The molecule has 0 aliphatic heterocycles. The molecule has 0 fully saturated rings. The van der Waals surface area contributed by atoms with Gasteiger partial charge in [-0.25, -0.2) is 4.98 Å². The average molecular weight is 435 g/mol. The quantitative estimate of drug-likeness (QED) is 0.238. The van der Waals surface area contributed by atoms with Crippen molar-refractivity contribution in [2.45, 2.75) is 10.9 Å². The van der Waals surface area contributed by atoms with E-state index in [-0.39, 0.29) is 0 Å². The molecule has 142 valence electrons. The van der Waals surface area contributed by atoms with E-state index in [1.54, 1.807) is 11.3 Å². The molecule has 0 spiro atoms. The zero-order valence-electron chi connectivity index (χ0n) is 15.2. The van der Waals surface area contributed by atoms with E-state index in [0.717, 1.165) is 31.4 Å². The maximum absolute atomic E-state index is 9.51. The van der Waals surface area contributed by atoms with Gasteiger partial charge in [-0.2, -0.15) is 5.26 Å². The summed E-state index contributed by atoms with van der Waals surface area (Å²) >= 11 is 8.88. The summed E-state index contributed by atoms with van der Waals surface area (Å²) in [6, 6.07) is 25.5. The lowest BCUT2D eigenvalue weighted by Crippen LogP contribution is -1.94. The van der Waals surface area contributed by atoms with E-state index < -0.39 is 0 Å². The molecule has 0 amide bonds. The van der Waals surface area contributed by atoms with Crippen LogP contribution in [0.3, 0.4) is 0 Å². The first kappa shape index (κ1) is 19.5. The number of halogens is 1.